The number of rotatable bonds is 4. The second kappa shape index (κ2) is 5.73. The average Bonchev–Trinajstić information content (AvgIpc) is 2.99. The van der Waals surface area contributed by atoms with Gasteiger partial charge in [0, 0.05) is 31.3 Å². The molecule has 1 aliphatic rings. The van der Waals surface area contributed by atoms with Crippen molar-refractivity contribution in [3.05, 3.63) is 35.9 Å². The molecular weight excluding hydrogens is 268 g/mol. The first kappa shape index (κ1) is 13.9. The van der Waals surface area contributed by atoms with Crippen LogP contribution in [0.5, 0.6) is 11.5 Å². The SMILES string of the molecule is COc1ccc(CN2CCn3cnnc3C2C)c(OC)c1. The molecule has 21 heavy (non-hydrogen) atoms. The minimum atomic E-state index is 0.244. The molecule has 1 unspecified atom stereocenters. The van der Waals surface area contributed by atoms with Gasteiger partial charge in [0.25, 0.3) is 0 Å². The molecule has 1 aliphatic heterocycles. The molecule has 0 fully saturated rings. The number of hydrogen-bond acceptors (Lipinski definition) is 5. The van der Waals surface area contributed by atoms with Crippen LogP contribution in [0.1, 0.15) is 24.4 Å². The van der Waals surface area contributed by atoms with E-state index in [-0.39, 0.29) is 6.04 Å². The molecule has 0 saturated carbocycles. The van der Waals surface area contributed by atoms with E-state index in [0.717, 1.165) is 42.5 Å². The van der Waals surface area contributed by atoms with Gasteiger partial charge in [-0.25, -0.2) is 0 Å². The van der Waals surface area contributed by atoms with E-state index in [0.29, 0.717) is 0 Å². The molecule has 112 valence electrons. The number of aromatic nitrogens is 3. The number of methoxy groups -OCH3 is 2. The van der Waals surface area contributed by atoms with Crippen molar-refractivity contribution in [2.45, 2.75) is 26.1 Å². The van der Waals surface area contributed by atoms with Crippen LogP contribution in [0.4, 0.5) is 0 Å². The lowest BCUT2D eigenvalue weighted by Gasteiger charge is -2.33. The summed E-state index contributed by atoms with van der Waals surface area (Å²) in [7, 11) is 3.35. The zero-order valence-corrected chi connectivity index (χ0v) is 12.6. The molecule has 1 aromatic heterocycles. The fourth-order valence-electron chi connectivity index (χ4n) is 2.77. The van der Waals surface area contributed by atoms with Crippen LogP contribution in [0.3, 0.4) is 0 Å². The summed E-state index contributed by atoms with van der Waals surface area (Å²) in [6.07, 6.45) is 1.80. The molecule has 0 radical (unpaired) electrons. The summed E-state index contributed by atoms with van der Waals surface area (Å²) in [5.74, 6) is 2.68. The quantitative estimate of drug-likeness (QED) is 0.859. The Labute approximate surface area is 124 Å². The lowest BCUT2D eigenvalue weighted by atomic mass is 10.1. The smallest absolute Gasteiger partial charge is 0.149 e. The number of fused-ring (bicyclic) bond motifs is 1. The van der Waals surface area contributed by atoms with Crippen LogP contribution in [0, 0.1) is 0 Å². The van der Waals surface area contributed by atoms with Crippen molar-refractivity contribution in [1.29, 1.82) is 0 Å². The summed E-state index contributed by atoms with van der Waals surface area (Å²) in [5, 5.41) is 8.22. The number of benzene rings is 1. The highest BCUT2D eigenvalue weighted by Gasteiger charge is 2.26. The van der Waals surface area contributed by atoms with Crippen LogP contribution >= 0.6 is 0 Å². The largest absolute Gasteiger partial charge is 0.497 e. The third-order valence-corrected chi connectivity index (χ3v) is 4.06. The highest BCUT2D eigenvalue weighted by atomic mass is 16.5. The highest BCUT2D eigenvalue weighted by molar-refractivity contribution is 5.40. The zero-order valence-electron chi connectivity index (χ0n) is 12.6. The van der Waals surface area contributed by atoms with Crippen LogP contribution in [0.2, 0.25) is 0 Å². The lowest BCUT2D eigenvalue weighted by molar-refractivity contribution is 0.154. The van der Waals surface area contributed by atoms with E-state index in [1.807, 2.05) is 12.1 Å². The first-order chi connectivity index (χ1) is 10.2. The Morgan fingerprint density at radius 1 is 1.24 bits per heavy atom. The maximum atomic E-state index is 5.48. The Morgan fingerprint density at radius 3 is 2.86 bits per heavy atom. The van der Waals surface area contributed by atoms with E-state index in [1.165, 1.54) is 0 Å². The fourth-order valence-corrected chi connectivity index (χ4v) is 2.77. The molecule has 0 spiro atoms. The van der Waals surface area contributed by atoms with Crippen molar-refractivity contribution < 1.29 is 9.47 Å². The summed E-state index contributed by atoms with van der Waals surface area (Å²) in [5.41, 5.74) is 1.15. The van der Waals surface area contributed by atoms with Gasteiger partial charge < -0.3 is 14.0 Å². The van der Waals surface area contributed by atoms with Crippen LogP contribution in [0.25, 0.3) is 0 Å². The molecule has 3 rings (SSSR count). The molecule has 1 aromatic carbocycles. The van der Waals surface area contributed by atoms with E-state index in [1.54, 1.807) is 20.5 Å². The van der Waals surface area contributed by atoms with Gasteiger partial charge in [-0.15, -0.1) is 10.2 Å². The molecule has 2 heterocycles. The van der Waals surface area contributed by atoms with Crippen LogP contribution in [-0.2, 0) is 13.1 Å². The average molecular weight is 288 g/mol. The summed E-state index contributed by atoms with van der Waals surface area (Å²) < 4.78 is 12.8. The van der Waals surface area contributed by atoms with Gasteiger partial charge in [0.2, 0.25) is 0 Å². The van der Waals surface area contributed by atoms with E-state index in [9.17, 15) is 0 Å². The third kappa shape index (κ3) is 2.58. The normalized spacial score (nSPS) is 18.3. The Morgan fingerprint density at radius 2 is 2.10 bits per heavy atom. The molecule has 0 N–H and O–H groups in total. The summed E-state index contributed by atoms with van der Waals surface area (Å²) in [6.45, 7) is 4.88. The van der Waals surface area contributed by atoms with Crippen molar-refractivity contribution in [2.75, 3.05) is 20.8 Å². The Hall–Kier alpha value is -2.08. The Kier molecular flexibility index (Phi) is 3.79. The summed E-state index contributed by atoms with van der Waals surface area (Å²) in [4.78, 5) is 2.38. The standard InChI is InChI=1S/C15H20N4O2/c1-11-15-17-16-10-19(15)7-6-18(11)9-12-4-5-13(20-2)8-14(12)21-3/h4-5,8,10-11H,6-7,9H2,1-3H3. The van der Waals surface area contributed by atoms with Crippen LogP contribution in [0.15, 0.2) is 24.5 Å². The summed E-state index contributed by atoms with van der Waals surface area (Å²) >= 11 is 0. The number of ether oxygens (including phenoxy) is 2. The van der Waals surface area contributed by atoms with Crippen LogP contribution in [-0.4, -0.2) is 40.4 Å². The predicted molar refractivity (Wildman–Crippen MR) is 78.4 cm³/mol. The number of hydrogen-bond donors (Lipinski definition) is 0. The van der Waals surface area contributed by atoms with E-state index >= 15 is 0 Å². The molecule has 0 bridgehead atoms. The van der Waals surface area contributed by atoms with Gasteiger partial charge in [-0.05, 0) is 13.0 Å². The fraction of sp³-hybridized carbons (Fsp3) is 0.467. The maximum absolute atomic E-state index is 5.48. The molecule has 2 aromatic rings. The second-order valence-corrected chi connectivity index (χ2v) is 5.21. The van der Waals surface area contributed by atoms with Crippen molar-refractivity contribution in [3.8, 4) is 11.5 Å². The van der Waals surface area contributed by atoms with Gasteiger partial charge in [0.15, 0.2) is 0 Å². The van der Waals surface area contributed by atoms with Gasteiger partial charge >= 0.3 is 0 Å². The van der Waals surface area contributed by atoms with Gasteiger partial charge in [-0.3, -0.25) is 4.90 Å². The molecule has 6 nitrogen and oxygen atoms in total. The minimum Gasteiger partial charge on any atom is -0.497 e. The van der Waals surface area contributed by atoms with Gasteiger partial charge in [0.1, 0.15) is 23.7 Å². The van der Waals surface area contributed by atoms with Crippen molar-refractivity contribution >= 4 is 0 Å². The maximum Gasteiger partial charge on any atom is 0.149 e. The number of nitrogens with zero attached hydrogens (tertiary/aromatic N) is 4. The van der Waals surface area contributed by atoms with Crippen LogP contribution < -0.4 is 9.47 Å². The second-order valence-electron chi connectivity index (χ2n) is 5.21. The Bertz CT molecular complexity index is 626. The van der Waals surface area contributed by atoms with E-state index in [4.69, 9.17) is 9.47 Å². The van der Waals surface area contributed by atoms with Crippen molar-refractivity contribution in [1.82, 2.24) is 19.7 Å². The van der Waals surface area contributed by atoms with Gasteiger partial charge in [-0.2, -0.15) is 0 Å². The van der Waals surface area contributed by atoms with Gasteiger partial charge in [0.05, 0.1) is 20.3 Å². The zero-order chi connectivity index (χ0) is 14.8. The van der Waals surface area contributed by atoms with E-state index in [2.05, 4.69) is 32.7 Å². The minimum absolute atomic E-state index is 0.244. The van der Waals surface area contributed by atoms with Crippen molar-refractivity contribution in [3.63, 3.8) is 0 Å². The monoisotopic (exact) mass is 288 g/mol. The first-order valence-electron chi connectivity index (χ1n) is 7.05. The third-order valence-electron chi connectivity index (χ3n) is 4.06. The molecule has 1 atom stereocenters. The Balaban J connectivity index is 1.81. The molecule has 0 amide bonds. The van der Waals surface area contributed by atoms with Gasteiger partial charge in [-0.1, -0.05) is 6.07 Å². The lowest BCUT2D eigenvalue weighted by Crippen LogP contribution is -2.36. The van der Waals surface area contributed by atoms with Crippen molar-refractivity contribution in [2.24, 2.45) is 0 Å². The topological polar surface area (TPSA) is 52.4 Å². The molecule has 6 heteroatoms. The highest BCUT2D eigenvalue weighted by Crippen LogP contribution is 2.30. The molecular formula is C15H20N4O2. The summed E-state index contributed by atoms with van der Waals surface area (Å²) in [6, 6.07) is 6.19. The molecule has 0 saturated heterocycles. The first-order valence-corrected chi connectivity index (χ1v) is 7.05. The predicted octanol–water partition coefficient (Wildman–Crippen LogP) is 1.87. The molecule has 0 aliphatic carbocycles. The van der Waals surface area contributed by atoms with E-state index < -0.39 is 0 Å².